The van der Waals surface area contributed by atoms with E-state index in [4.69, 9.17) is 11.6 Å². The second-order valence-electron chi connectivity index (χ2n) is 12.6. The second-order valence-corrected chi connectivity index (χ2v) is 13.0. The molecule has 2 aliphatic rings. The van der Waals surface area contributed by atoms with Gasteiger partial charge in [0.15, 0.2) is 0 Å². The maximum atomic E-state index is 13.5. The molecule has 0 spiro atoms. The number of imide groups is 2. The predicted octanol–water partition coefficient (Wildman–Crippen LogP) is 6.19. The molecule has 0 saturated carbocycles. The molecule has 0 aromatic heterocycles. The Kier molecular flexibility index (Phi) is 22.6. The van der Waals surface area contributed by atoms with E-state index < -0.39 is 118 Å². The fraction of sp³-hybridized carbons (Fsp3) is 0.529. The zero-order valence-corrected chi connectivity index (χ0v) is 38.5. The molecule has 0 radical (unpaired) electrons. The van der Waals surface area contributed by atoms with Crippen molar-refractivity contribution in [3.63, 3.8) is 0 Å². The van der Waals surface area contributed by atoms with Gasteiger partial charge >= 0.3 is 112 Å². The molecular weight excluding hydrogens is 1080 g/mol. The molecule has 0 unspecified atom stereocenters. The monoisotopic (exact) mass is 1110 g/mol. The van der Waals surface area contributed by atoms with Crippen molar-refractivity contribution in [1.82, 2.24) is 4.90 Å². The summed E-state index contributed by atoms with van der Waals surface area (Å²) in [5.41, 5.74) is 0.827. The topological polar surface area (TPSA) is 159 Å². The van der Waals surface area contributed by atoms with E-state index in [0.717, 1.165) is 0 Å². The van der Waals surface area contributed by atoms with Crippen LogP contribution in [-0.2, 0) is 37.9 Å². The van der Waals surface area contributed by atoms with E-state index in [-0.39, 0.29) is 82.6 Å². The number of hydrogen-bond acceptors (Lipinski definition) is 12. The van der Waals surface area contributed by atoms with Gasteiger partial charge in [-0.2, -0.15) is 87.8 Å². The molecule has 392 valence electrons. The van der Waals surface area contributed by atoms with Crippen molar-refractivity contribution in [2.45, 2.75) is 61.1 Å². The van der Waals surface area contributed by atoms with Crippen LogP contribution in [0.15, 0.2) is 48.5 Å². The average Bonchev–Trinajstić information content (AvgIpc) is 3.64. The summed E-state index contributed by atoms with van der Waals surface area (Å²) in [4.78, 5) is 46.5. The molecular formula is C34H26ClF20KN2O12. The zero-order chi connectivity index (χ0) is 53.5. The number of rotatable bonds is 23. The van der Waals surface area contributed by atoms with Crippen LogP contribution < -0.4 is 51.4 Å². The summed E-state index contributed by atoms with van der Waals surface area (Å²) in [5, 5.41) is 3.28. The third-order valence-corrected chi connectivity index (χ3v) is 7.78. The van der Waals surface area contributed by atoms with E-state index in [9.17, 15) is 107 Å². The first-order valence-corrected chi connectivity index (χ1v) is 18.0. The fourth-order valence-corrected chi connectivity index (χ4v) is 4.56. The number of amides is 4. The Morgan fingerprint density at radius 3 is 1.06 bits per heavy atom. The molecule has 2 aromatic carbocycles. The zero-order valence-electron chi connectivity index (χ0n) is 34.6. The van der Waals surface area contributed by atoms with E-state index in [1.54, 1.807) is 24.3 Å². The standard InChI is InChI=1S/C17H13F10NO6.C9H9ClF10O4.C8H5NO2.K/c1-31-14(20,21)15(22,23)34-17(26,27)16(24,25)33-13(18,19)8-32-7-6-28-11(29)9-4-2-3-5-10(9)12(28)30;1-21-6(13,14)7(15,16)24-9(19,20)8(17,18)23-5(11,12)4-22-3-2-10;10-7-5-3-1-2-4-6(5)8(11)9-7;/h2-5H,6-8H2,1H3;2-4H2,1H3;1-4H,(H,9,10,11);/q;;;+1/p-1. The van der Waals surface area contributed by atoms with Crippen LogP contribution in [0.2, 0.25) is 0 Å². The van der Waals surface area contributed by atoms with Crippen molar-refractivity contribution in [2.75, 3.05) is 53.1 Å². The number of carbonyl (C=O) groups is 4. The van der Waals surface area contributed by atoms with Crippen LogP contribution in [0.4, 0.5) is 87.8 Å². The van der Waals surface area contributed by atoms with Crippen LogP contribution in [0, 0.1) is 0 Å². The first-order chi connectivity index (χ1) is 31.2. The Labute approximate surface area is 424 Å². The van der Waals surface area contributed by atoms with Crippen LogP contribution in [0.5, 0.6) is 0 Å². The summed E-state index contributed by atoms with van der Waals surface area (Å²) in [6.07, 6.45) is -61.0. The maximum Gasteiger partial charge on any atom is 1.00 e. The molecule has 0 bridgehead atoms. The Balaban J connectivity index is 0.000000586. The molecule has 2 aliphatic heterocycles. The quantitative estimate of drug-likeness (QED) is 0.0410. The number of alkyl halides is 21. The minimum absolute atomic E-state index is 0. The van der Waals surface area contributed by atoms with Crippen LogP contribution in [0.3, 0.4) is 0 Å². The molecule has 0 aliphatic carbocycles. The molecule has 14 nitrogen and oxygen atoms in total. The van der Waals surface area contributed by atoms with Gasteiger partial charge in [-0.25, -0.2) is 18.9 Å². The van der Waals surface area contributed by atoms with E-state index >= 15 is 0 Å². The van der Waals surface area contributed by atoms with Crippen molar-refractivity contribution in [3.8, 4) is 0 Å². The van der Waals surface area contributed by atoms with Crippen LogP contribution in [0.25, 0.3) is 5.32 Å². The van der Waals surface area contributed by atoms with E-state index in [0.29, 0.717) is 16.0 Å². The van der Waals surface area contributed by atoms with Gasteiger partial charge < -0.3 is 33.9 Å². The molecule has 2 aromatic rings. The summed E-state index contributed by atoms with van der Waals surface area (Å²) in [6.45, 7) is -6.36. The molecule has 4 amide bonds. The summed E-state index contributed by atoms with van der Waals surface area (Å²) < 4.78 is 283. The van der Waals surface area contributed by atoms with Crippen molar-refractivity contribution < 1.29 is 196 Å². The Hall–Kier alpha value is -3.07. The summed E-state index contributed by atoms with van der Waals surface area (Å²) in [7, 11) is -0.177. The maximum absolute atomic E-state index is 13.5. The van der Waals surface area contributed by atoms with Crippen molar-refractivity contribution in [3.05, 3.63) is 76.1 Å². The largest absolute Gasteiger partial charge is 1.00 e. The van der Waals surface area contributed by atoms with Crippen LogP contribution in [0.1, 0.15) is 41.4 Å². The van der Waals surface area contributed by atoms with Gasteiger partial charge in [0.25, 0.3) is 11.8 Å². The Bertz CT molecular complexity index is 2060. The Morgan fingerprint density at radius 2 is 0.743 bits per heavy atom. The average molecular weight is 1110 g/mol. The molecule has 36 heteroatoms. The summed E-state index contributed by atoms with van der Waals surface area (Å²) in [5.74, 6) is -2.85. The van der Waals surface area contributed by atoms with Gasteiger partial charge in [0, 0.05) is 31.2 Å². The first kappa shape index (κ1) is 64.9. The van der Waals surface area contributed by atoms with E-state index in [2.05, 4.69) is 38.5 Å². The Morgan fingerprint density at radius 1 is 0.457 bits per heavy atom. The van der Waals surface area contributed by atoms with Gasteiger partial charge in [0.1, 0.15) is 13.2 Å². The third-order valence-electron chi connectivity index (χ3n) is 7.63. The normalized spacial score (nSPS) is 15.1. The van der Waals surface area contributed by atoms with Gasteiger partial charge in [-0.15, -0.1) is 11.6 Å². The van der Waals surface area contributed by atoms with Crippen molar-refractivity contribution >= 4 is 35.2 Å². The number of ether oxygens (including phenoxy) is 8. The number of carbonyl (C=O) groups excluding carboxylic acids is 4. The summed E-state index contributed by atoms with van der Waals surface area (Å²) in [6, 6.07) is 12.1. The minimum Gasteiger partial charge on any atom is -0.587 e. The number of methoxy groups -OCH3 is 2. The second kappa shape index (κ2) is 24.3. The molecule has 2 heterocycles. The number of nitrogens with zero attached hydrogens (tertiary/aromatic N) is 2. The van der Waals surface area contributed by atoms with Gasteiger partial charge in [-0.1, -0.05) is 36.4 Å². The van der Waals surface area contributed by atoms with E-state index in [1.807, 2.05) is 4.74 Å². The van der Waals surface area contributed by atoms with Crippen LogP contribution in [-0.4, -0.2) is 143 Å². The van der Waals surface area contributed by atoms with Crippen LogP contribution >= 0.6 is 11.6 Å². The number of fused-ring (bicyclic) bond motifs is 2. The smallest absolute Gasteiger partial charge is 0.587 e. The number of hydrogen-bond donors (Lipinski definition) is 0. The minimum atomic E-state index is -6.69. The third kappa shape index (κ3) is 16.5. The molecule has 0 fully saturated rings. The number of halogens is 21. The fourth-order valence-electron chi connectivity index (χ4n) is 4.45. The van der Waals surface area contributed by atoms with Gasteiger partial charge in [0.05, 0.1) is 42.7 Å². The molecule has 0 saturated heterocycles. The molecule has 0 N–H and O–H groups in total. The molecule has 70 heavy (non-hydrogen) atoms. The van der Waals surface area contributed by atoms with E-state index in [1.165, 1.54) is 24.3 Å². The predicted molar refractivity (Wildman–Crippen MR) is 180 cm³/mol. The van der Waals surface area contributed by atoms with Crippen molar-refractivity contribution in [1.29, 1.82) is 0 Å². The van der Waals surface area contributed by atoms with Crippen molar-refractivity contribution in [2.24, 2.45) is 0 Å². The molecule has 4 rings (SSSR count). The SMILES string of the molecule is COC(F)(F)C(F)(F)OC(F)(F)C(F)(F)OC(F)(F)COCCCl.COC(F)(F)C(F)(F)OC(F)(F)C(F)(F)OC(F)(F)COCCN1C(=O)c2ccccc2C1=O.O=C1[N-]C(=O)c2ccccc21.[K+]. The molecule has 0 atom stereocenters. The number of benzene rings is 2. The first-order valence-electron chi connectivity index (χ1n) is 17.4. The van der Waals surface area contributed by atoms with Gasteiger partial charge in [-0.05, 0) is 12.1 Å². The summed E-state index contributed by atoms with van der Waals surface area (Å²) >= 11 is 5.00. The van der Waals surface area contributed by atoms with Gasteiger partial charge in [0.2, 0.25) is 0 Å². The van der Waals surface area contributed by atoms with Gasteiger partial charge in [-0.3, -0.25) is 14.5 Å².